The standard InChI is InChI=1S/C26H30N2O3S2/c1-3-19-18-24(32-25(19)20-10-6-5-7-11-20)26(29)27-21-13-15-23(16-14-21)33(30,31)28-17-9-8-12-22(28)4-2/h5-7,10-11,13-16,18,22H,3-4,8-9,12,17H2,1-2H3,(H,27,29). The van der Waals surface area contributed by atoms with Crippen LogP contribution in [0, 0.1) is 0 Å². The van der Waals surface area contributed by atoms with Crippen LogP contribution < -0.4 is 5.32 Å². The molecule has 1 fully saturated rings. The van der Waals surface area contributed by atoms with E-state index in [1.54, 1.807) is 28.6 Å². The first-order valence-corrected chi connectivity index (χ1v) is 13.8. The van der Waals surface area contributed by atoms with Gasteiger partial charge in [-0.05, 0) is 67.1 Å². The molecule has 1 aliphatic rings. The number of benzene rings is 2. The number of nitrogens with zero attached hydrogens (tertiary/aromatic N) is 1. The molecule has 1 N–H and O–H groups in total. The van der Waals surface area contributed by atoms with E-state index in [9.17, 15) is 13.2 Å². The van der Waals surface area contributed by atoms with Gasteiger partial charge in [-0.25, -0.2) is 8.42 Å². The van der Waals surface area contributed by atoms with Crippen molar-refractivity contribution < 1.29 is 13.2 Å². The maximum atomic E-state index is 13.2. The lowest BCUT2D eigenvalue weighted by Crippen LogP contribution is -2.43. The van der Waals surface area contributed by atoms with E-state index in [4.69, 9.17) is 0 Å². The first-order valence-electron chi connectivity index (χ1n) is 11.6. The summed E-state index contributed by atoms with van der Waals surface area (Å²) in [6.07, 6.45) is 4.55. The maximum absolute atomic E-state index is 13.2. The molecule has 2 aromatic carbocycles. The number of piperidine rings is 1. The number of hydrogen-bond donors (Lipinski definition) is 1. The number of nitrogens with one attached hydrogen (secondary N) is 1. The molecule has 0 radical (unpaired) electrons. The Hall–Kier alpha value is -2.48. The Morgan fingerprint density at radius 2 is 1.79 bits per heavy atom. The van der Waals surface area contributed by atoms with Crippen LogP contribution in [0.3, 0.4) is 0 Å². The average molecular weight is 483 g/mol. The SMILES string of the molecule is CCc1cc(C(=O)Nc2ccc(S(=O)(=O)N3CCCCC3CC)cc2)sc1-c1ccccc1. The molecule has 1 unspecified atom stereocenters. The van der Waals surface area contributed by atoms with Crippen LogP contribution in [0.15, 0.2) is 65.6 Å². The third-order valence-electron chi connectivity index (χ3n) is 6.21. The van der Waals surface area contributed by atoms with E-state index in [0.717, 1.165) is 48.1 Å². The third kappa shape index (κ3) is 5.05. The van der Waals surface area contributed by atoms with Gasteiger partial charge in [-0.3, -0.25) is 4.79 Å². The highest BCUT2D eigenvalue weighted by molar-refractivity contribution is 7.89. The van der Waals surface area contributed by atoms with Gasteiger partial charge in [0.25, 0.3) is 5.91 Å². The molecule has 1 aromatic heterocycles. The molecule has 7 heteroatoms. The van der Waals surface area contributed by atoms with Gasteiger partial charge in [0, 0.05) is 23.2 Å². The molecular formula is C26H30N2O3S2. The summed E-state index contributed by atoms with van der Waals surface area (Å²) >= 11 is 1.48. The normalized spacial score (nSPS) is 17.1. The summed E-state index contributed by atoms with van der Waals surface area (Å²) < 4.78 is 28.0. The summed E-state index contributed by atoms with van der Waals surface area (Å²) in [5.74, 6) is -0.186. The zero-order valence-corrected chi connectivity index (χ0v) is 20.7. The number of rotatable bonds is 7. The van der Waals surface area contributed by atoms with Crippen molar-refractivity contribution in [2.24, 2.45) is 0 Å². The molecule has 0 bridgehead atoms. The summed E-state index contributed by atoms with van der Waals surface area (Å²) in [4.78, 5) is 14.9. The third-order valence-corrected chi connectivity index (χ3v) is 9.40. The summed E-state index contributed by atoms with van der Waals surface area (Å²) in [7, 11) is -3.53. The minimum absolute atomic E-state index is 0.0635. The van der Waals surface area contributed by atoms with E-state index in [2.05, 4.69) is 24.4 Å². The van der Waals surface area contributed by atoms with Gasteiger partial charge in [0.05, 0.1) is 9.77 Å². The van der Waals surface area contributed by atoms with Crippen LogP contribution >= 0.6 is 11.3 Å². The Labute approximate surface area is 200 Å². The highest BCUT2D eigenvalue weighted by atomic mass is 32.2. The number of aryl methyl sites for hydroxylation is 1. The summed E-state index contributed by atoms with van der Waals surface area (Å²) in [6, 6.07) is 18.6. The molecule has 3 aromatic rings. The fraction of sp³-hybridized carbons (Fsp3) is 0.346. The quantitative estimate of drug-likeness (QED) is 0.437. The number of carbonyl (C=O) groups excluding carboxylic acids is 1. The molecular weight excluding hydrogens is 452 g/mol. The van der Waals surface area contributed by atoms with E-state index in [-0.39, 0.29) is 16.8 Å². The van der Waals surface area contributed by atoms with Crippen LogP contribution in [0.4, 0.5) is 5.69 Å². The lowest BCUT2D eigenvalue weighted by Gasteiger charge is -2.34. The molecule has 1 saturated heterocycles. The lowest BCUT2D eigenvalue weighted by molar-refractivity contribution is 0.103. The molecule has 33 heavy (non-hydrogen) atoms. The van der Waals surface area contributed by atoms with Crippen LogP contribution in [-0.2, 0) is 16.4 Å². The van der Waals surface area contributed by atoms with Crippen molar-refractivity contribution in [2.75, 3.05) is 11.9 Å². The number of amides is 1. The van der Waals surface area contributed by atoms with E-state index in [0.29, 0.717) is 17.1 Å². The molecule has 0 saturated carbocycles. The Bertz CT molecular complexity index is 1200. The molecule has 4 rings (SSSR count). The van der Waals surface area contributed by atoms with E-state index >= 15 is 0 Å². The first kappa shape index (κ1) is 23.7. The van der Waals surface area contributed by atoms with Crippen molar-refractivity contribution in [2.45, 2.75) is 56.9 Å². The largest absolute Gasteiger partial charge is 0.321 e. The Balaban J connectivity index is 1.50. The van der Waals surface area contributed by atoms with Gasteiger partial charge in [-0.1, -0.05) is 50.6 Å². The van der Waals surface area contributed by atoms with Crippen molar-refractivity contribution in [1.82, 2.24) is 4.31 Å². The minimum atomic E-state index is -3.53. The predicted molar refractivity (Wildman–Crippen MR) is 135 cm³/mol. The Morgan fingerprint density at radius 3 is 2.45 bits per heavy atom. The number of sulfonamides is 1. The molecule has 1 amide bonds. The van der Waals surface area contributed by atoms with E-state index < -0.39 is 10.0 Å². The number of hydrogen-bond acceptors (Lipinski definition) is 4. The minimum Gasteiger partial charge on any atom is -0.321 e. The van der Waals surface area contributed by atoms with Gasteiger partial charge in [0.1, 0.15) is 0 Å². The van der Waals surface area contributed by atoms with Crippen LogP contribution in [0.2, 0.25) is 0 Å². The van der Waals surface area contributed by atoms with Gasteiger partial charge in [-0.2, -0.15) is 4.31 Å². The fourth-order valence-electron chi connectivity index (χ4n) is 4.37. The van der Waals surface area contributed by atoms with E-state index in [1.165, 1.54) is 11.3 Å². The molecule has 174 valence electrons. The van der Waals surface area contributed by atoms with Crippen molar-refractivity contribution in [1.29, 1.82) is 0 Å². The molecule has 5 nitrogen and oxygen atoms in total. The van der Waals surface area contributed by atoms with Gasteiger partial charge in [-0.15, -0.1) is 11.3 Å². The molecule has 0 aliphatic carbocycles. The number of anilines is 1. The van der Waals surface area contributed by atoms with Crippen molar-refractivity contribution in [3.63, 3.8) is 0 Å². The highest BCUT2D eigenvalue weighted by Gasteiger charge is 2.32. The Kier molecular flexibility index (Phi) is 7.32. The van der Waals surface area contributed by atoms with Crippen LogP contribution in [0.5, 0.6) is 0 Å². The highest BCUT2D eigenvalue weighted by Crippen LogP contribution is 2.34. The number of thiophene rings is 1. The number of carbonyl (C=O) groups is 1. The smallest absolute Gasteiger partial charge is 0.265 e. The van der Waals surface area contributed by atoms with Crippen LogP contribution in [0.1, 0.15) is 54.8 Å². The summed E-state index contributed by atoms with van der Waals surface area (Å²) in [5.41, 5.74) is 2.83. The van der Waals surface area contributed by atoms with Gasteiger partial charge < -0.3 is 5.32 Å². The van der Waals surface area contributed by atoms with E-state index in [1.807, 2.05) is 31.2 Å². The second kappa shape index (κ2) is 10.2. The monoisotopic (exact) mass is 482 g/mol. The fourth-order valence-corrected chi connectivity index (χ4v) is 7.29. The first-order chi connectivity index (χ1) is 15.9. The average Bonchev–Trinajstić information content (AvgIpc) is 3.30. The second-order valence-corrected chi connectivity index (χ2v) is 11.3. The van der Waals surface area contributed by atoms with Gasteiger partial charge >= 0.3 is 0 Å². The molecule has 1 aliphatic heterocycles. The summed E-state index contributed by atoms with van der Waals surface area (Å²) in [6.45, 7) is 4.69. The Morgan fingerprint density at radius 1 is 1.06 bits per heavy atom. The summed E-state index contributed by atoms with van der Waals surface area (Å²) in [5, 5.41) is 2.92. The zero-order chi connectivity index (χ0) is 23.4. The topological polar surface area (TPSA) is 66.5 Å². The molecule has 2 heterocycles. The van der Waals surface area contributed by atoms with Crippen LogP contribution in [-0.4, -0.2) is 31.2 Å². The zero-order valence-electron chi connectivity index (χ0n) is 19.1. The van der Waals surface area contributed by atoms with Crippen molar-refractivity contribution in [3.05, 3.63) is 71.1 Å². The second-order valence-electron chi connectivity index (χ2n) is 8.34. The van der Waals surface area contributed by atoms with Gasteiger partial charge in [0.15, 0.2) is 0 Å². The molecule has 1 atom stereocenters. The van der Waals surface area contributed by atoms with Crippen LogP contribution in [0.25, 0.3) is 10.4 Å². The molecule has 0 spiro atoms. The van der Waals surface area contributed by atoms with Crippen molar-refractivity contribution >= 4 is 33.0 Å². The van der Waals surface area contributed by atoms with Gasteiger partial charge in [0.2, 0.25) is 10.0 Å². The van der Waals surface area contributed by atoms with Crippen molar-refractivity contribution in [3.8, 4) is 10.4 Å². The lowest BCUT2D eigenvalue weighted by atomic mass is 10.0. The maximum Gasteiger partial charge on any atom is 0.265 e. The predicted octanol–water partition coefficient (Wildman–Crippen LogP) is 6.18.